The topological polar surface area (TPSA) is 44.7 Å². The Labute approximate surface area is 119 Å². The van der Waals surface area contributed by atoms with Gasteiger partial charge >= 0.3 is 0 Å². The Kier molecular flexibility index (Phi) is 3.50. The van der Waals surface area contributed by atoms with Gasteiger partial charge < -0.3 is 5.32 Å². The normalized spacial score (nSPS) is 34.9. The van der Waals surface area contributed by atoms with Crippen LogP contribution >= 0.6 is 11.8 Å². The van der Waals surface area contributed by atoms with Crippen LogP contribution in [0, 0.1) is 11.8 Å². The van der Waals surface area contributed by atoms with Crippen LogP contribution < -0.4 is 5.32 Å². The van der Waals surface area contributed by atoms with E-state index < -0.39 is 0 Å². The van der Waals surface area contributed by atoms with Crippen LogP contribution in [0.15, 0.2) is 5.10 Å². The highest BCUT2D eigenvalue weighted by atomic mass is 32.2. The van der Waals surface area contributed by atoms with Crippen LogP contribution in [0.4, 0.5) is 0 Å². The van der Waals surface area contributed by atoms with E-state index in [2.05, 4.69) is 29.3 Å². The van der Waals surface area contributed by atoms with Gasteiger partial charge in [-0.25, -0.2) is 0 Å². The first-order valence-corrected chi connectivity index (χ1v) is 8.32. The third kappa shape index (κ3) is 2.26. The van der Waals surface area contributed by atoms with E-state index in [1.165, 1.54) is 19.3 Å². The summed E-state index contributed by atoms with van der Waals surface area (Å²) in [4.78, 5) is 12.1. The SMILES string of the molecule is CCC1(CC)S/C(=N/N2CC3CCCC3C2)NC1=O. The van der Waals surface area contributed by atoms with Gasteiger partial charge in [0.1, 0.15) is 4.75 Å². The van der Waals surface area contributed by atoms with Crippen molar-refractivity contribution in [2.45, 2.75) is 50.7 Å². The second-order valence-electron chi connectivity index (χ2n) is 5.99. The number of fused-ring (bicyclic) bond motifs is 1. The molecular weight excluding hydrogens is 258 g/mol. The third-order valence-electron chi connectivity index (χ3n) is 5.01. The average molecular weight is 281 g/mol. The molecule has 5 heteroatoms. The van der Waals surface area contributed by atoms with Crippen molar-refractivity contribution in [3.8, 4) is 0 Å². The largest absolute Gasteiger partial charge is 0.303 e. The summed E-state index contributed by atoms with van der Waals surface area (Å²) in [6.07, 6.45) is 5.84. The minimum atomic E-state index is -0.283. The van der Waals surface area contributed by atoms with Gasteiger partial charge in [-0.1, -0.05) is 32.0 Å². The Balaban J connectivity index is 1.68. The van der Waals surface area contributed by atoms with Crippen LogP contribution in [0.3, 0.4) is 0 Å². The van der Waals surface area contributed by atoms with Crippen LogP contribution in [0.5, 0.6) is 0 Å². The monoisotopic (exact) mass is 281 g/mol. The van der Waals surface area contributed by atoms with E-state index in [4.69, 9.17) is 0 Å². The summed E-state index contributed by atoms with van der Waals surface area (Å²) in [5.74, 6) is 1.82. The molecule has 2 atom stereocenters. The van der Waals surface area contributed by atoms with Gasteiger partial charge in [0.2, 0.25) is 5.91 Å². The maximum absolute atomic E-state index is 12.1. The molecule has 2 heterocycles. The lowest BCUT2D eigenvalue weighted by atomic mass is 10.0. The van der Waals surface area contributed by atoms with E-state index in [0.717, 1.165) is 42.9 Å². The fraction of sp³-hybridized carbons (Fsp3) is 0.857. The highest BCUT2D eigenvalue weighted by Crippen LogP contribution is 2.40. The summed E-state index contributed by atoms with van der Waals surface area (Å²) in [5, 5.41) is 10.6. The number of nitrogens with zero attached hydrogens (tertiary/aromatic N) is 2. The van der Waals surface area contributed by atoms with Gasteiger partial charge in [-0.15, -0.1) is 0 Å². The second-order valence-corrected chi connectivity index (χ2v) is 7.36. The highest BCUT2D eigenvalue weighted by Gasteiger charge is 2.44. The van der Waals surface area contributed by atoms with Gasteiger partial charge in [-0.2, -0.15) is 5.10 Å². The predicted molar refractivity (Wildman–Crippen MR) is 78.9 cm³/mol. The molecule has 1 aliphatic carbocycles. The van der Waals surface area contributed by atoms with Crippen molar-refractivity contribution in [2.75, 3.05) is 13.1 Å². The molecule has 0 radical (unpaired) electrons. The number of hydrazone groups is 1. The van der Waals surface area contributed by atoms with Crippen molar-refractivity contribution in [1.29, 1.82) is 0 Å². The first-order valence-electron chi connectivity index (χ1n) is 7.51. The van der Waals surface area contributed by atoms with Crippen LogP contribution in [-0.2, 0) is 4.79 Å². The maximum atomic E-state index is 12.1. The molecule has 3 aliphatic rings. The zero-order chi connectivity index (χ0) is 13.5. The summed E-state index contributed by atoms with van der Waals surface area (Å²) in [5.41, 5.74) is 0. The molecule has 0 spiro atoms. The minimum absolute atomic E-state index is 0.139. The second kappa shape index (κ2) is 5.00. The minimum Gasteiger partial charge on any atom is -0.303 e. The molecule has 1 saturated carbocycles. The lowest BCUT2D eigenvalue weighted by Crippen LogP contribution is -2.35. The first kappa shape index (κ1) is 13.3. The number of amides is 1. The molecule has 19 heavy (non-hydrogen) atoms. The summed E-state index contributed by atoms with van der Waals surface area (Å²) in [6.45, 7) is 6.32. The van der Waals surface area contributed by atoms with E-state index >= 15 is 0 Å². The molecule has 3 rings (SSSR count). The Morgan fingerprint density at radius 3 is 2.47 bits per heavy atom. The van der Waals surface area contributed by atoms with Gasteiger partial charge in [-0.3, -0.25) is 9.80 Å². The molecular formula is C14H23N3OS. The van der Waals surface area contributed by atoms with Gasteiger partial charge in [0.25, 0.3) is 0 Å². The molecule has 106 valence electrons. The Hall–Kier alpha value is -0.710. The van der Waals surface area contributed by atoms with Crippen LogP contribution in [0.2, 0.25) is 0 Å². The molecule has 2 aliphatic heterocycles. The maximum Gasteiger partial charge on any atom is 0.242 e. The van der Waals surface area contributed by atoms with E-state index in [-0.39, 0.29) is 10.7 Å². The molecule has 1 amide bonds. The molecule has 2 saturated heterocycles. The van der Waals surface area contributed by atoms with E-state index in [1.807, 2.05) is 0 Å². The average Bonchev–Trinajstić information content (AvgIpc) is 3.03. The number of hydrogen-bond acceptors (Lipinski definition) is 4. The molecule has 3 fully saturated rings. The zero-order valence-corrected chi connectivity index (χ0v) is 12.6. The van der Waals surface area contributed by atoms with Crippen molar-refractivity contribution in [3.63, 3.8) is 0 Å². The van der Waals surface area contributed by atoms with Gasteiger partial charge in [0.05, 0.1) is 0 Å². The van der Waals surface area contributed by atoms with Crippen molar-refractivity contribution in [3.05, 3.63) is 0 Å². The molecule has 2 unspecified atom stereocenters. The fourth-order valence-corrected chi connectivity index (χ4v) is 4.75. The number of rotatable bonds is 3. The summed E-state index contributed by atoms with van der Waals surface area (Å²) < 4.78 is -0.283. The lowest BCUT2D eigenvalue weighted by molar-refractivity contribution is -0.121. The Morgan fingerprint density at radius 2 is 1.95 bits per heavy atom. The quantitative estimate of drug-likeness (QED) is 0.864. The van der Waals surface area contributed by atoms with Crippen molar-refractivity contribution < 1.29 is 4.79 Å². The lowest BCUT2D eigenvalue weighted by Gasteiger charge is -2.19. The van der Waals surface area contributed by atoms with E-state index in [9.17, 15) is 4.79 Å². The first-order chi connectivity index (χ1) is 9.16. The number of thioether (sulfide) groups is 1. The van der Waals surface area contributed by atoms with Gasteiger partial charge in [0, 0.05) is 13.1 Å². The van der Waals surface area contributed by atoms with E-state index in [0.29, 0.717) is 0 Å². The van der Waals surface area contributed by atoms with Gasteiger partial charge in [-0.05, 0) is 37.5 Å². The molecule has 1 N–H and O–H groups in total. The fourth-order valence-electron chi connectivity index (χ4n) is 3.65. The summed E-state index contributed by atoms with van der Waals surface area (Å²) in [7, 11) is 0. The van der Waals surface area contributed by atoms with Crippen LogP contribution in [-0.4, -0.2) is 33.9 Å². The predicted octanol–water partition coefficient (Wildman–Crippen LogP) is 2.41. The van der Waals surface area contributed by atoms with E-state index in [1.54, 1.807) is 11.8 Å². The van der Waals surface area contributed by atoms with Crippen LogP contribution in [0.1, 0.15) is 46.0 Å². The molecule has 0 bridgehead atoms. The molecule has 0 aromatic rings. The standard InChI is InChI=1S/C14H23N3OS/c1-3-14(4-2)12(18)15-13(19-14)16-17-8-10-6-5-7-11(10)9-17/h10-11H,3-9H2,1-2H3,(H,15,16,18). The Morgan fingerprint density at radius 1 is 1.32 bits per heavy atom. The highest BCUT2D eigenvalue weighted by molar-refractivity contribution is 8.16. The van der Waals surface area contributed by atoms with Crippen LogP contribution in [0.25, 0.3) is 0 Å². The number of hydrogen-bond donors (Lipinski definition) is 1. The van der Waals surface area contributed by atoms with Crippen molar-refractivity contribution >= 4 is 22.8 Å². The van der Waals surface area contributed by atoms with Crippen molar-refractivity contribution in [2.24, 2.45) is 16.9 Å². The molecule has 0 aromatic carbocycles. The van der Waals surface area contributed by atoms with Gasteiger partial charge in [0.15, 0.2) is 5.17 Å². The smallest absolute Gasteiger partial charge is 0.242 e. The third-order valence-corrected chi connectivity index (χ3v) is 6.54. The molecule has 4 nitrogen and oxygen atoms in total. The Bertz CT molecular complexity index is 393. The number of carbonyl (C=O) groups is 1. The van der Waals surface area contributed by atoms with Crippen molar-refractivity contribution in [1.82, 2.24) is 10.3 Å². The number of nitrogens with one attached hydrogen (secondary N) is 1. The summed E-state index contributed by atoms with van der Waals surface area (Å²) in [6, 6.07) is 0. The number of carbonyl (C=O) groups excluding carboxylic acids is 1. The molecule has 0 aromatic heterocycles. The summed E-state index contributed by atoms with van der Waals surface area (Å²) >= 11 is 1.63. The zero-order valence-electron chi connectivity index (χ0n) is 11.8. The number of amidine groups is 1.